The largest absolute Gasteiger partial charge is 0.422 e. The Kier molecular flexibility index (Phi) is 5.51. The quantitative estimate of drug-likeness (QED) is 0.382. The molecule has 8 heteroatoms. The van der Waals surface area contributed by atoms with E-state index in [9.17, 15) is 14.0 Å². The average molecular weight is 446 g/mol. The Morgan fingerprint density at radius 3 is 2.58 bits per heavy atom. The highest BCUT2D eigenvalue weighted by atomic mass is 19.1. The lowest BCUT2D eigenvalue weighted by molar-refractivity contribution is -0.117. The van der Waals surface area contributed by atoms with Crippen molar-refractivity contribution in [2.24, 2.45) is 0 Å². The maximum Gasteiger partial charge on any atom is 0.346 e. The maximum absolute atomic E-state index is 13.1. The molecule has 4 aromatic rings. The molecule has 2 aromatic carbocycles. The van der Waals surface area contributed by atoms with Gasteiger partial charge in [0.2, 0.25) is 5.91 Å². The van der Waals surface area contributed by atoms with E-state index < -0.39 is 5.63 Å². The molecule has 0 unspecified atom stereocenters. The topological polar surface area (TPSA) is 78.7 Å². The maximum atomic E-state index is 13.1. The van der Waals surface area contributed by atoms with Crippen LogP contribution in [0.25, 0.3) is 21.9 Å². The van der Waals surface area contributed by atoms with E-state index in [0.29, 0.717) is 27.9 Å². The van der Waals surface area contributed by atoms with Crippen LogP contribution in [0.3, 0.4) is 0 Å². The summed E-state index contributed by atoms with van der Waals surface area (Å²) in [5.74, 6) is -0.00471. The third kappa shape index (κ3) is 4.29. The first-order valence-electron chi connectivity index (χ1n) is 10.8. The van der Waals surface area contributed by atoms with E-state index in [4.69, 9.17) is 4.42 Å². The summed E-state index contributed by atoms with van der Waals surface area (Å²) in [6, 6.07) is 15.4. The third-order valence-electron chi connectivity index (χ3n) is 5.96. The van der Waals surface area contributed by atoms with Crippen LogP contribution in [0.5, 0.6) is 0 Å². The minimum absolute atomic E-state index is 0.163. The van der Waals surface area contributed by atoms with Gasteiger partial charge in [0, 0.05) is 37.3 Å². The van der Waals surface area contributed by atoms with E-state index in [2.05, 4.69) is 20.1 Å². The summed E-state index contributed by atoms with van der Waals surface area (Å²) < 4.78 is 18.6. The number of nitrogens with zero attached hydrogens (tertiary/aromatic N) is 3. The molecule has 5 rings (SSSR count). The minimum Gasteiger partial charge on any atom is -0.422 e. The monoisotopic (exact) mass is 446 g/mol. The Bertz CT molecular complexity index is 1390. The number of carbonyl (C=O) groups excluding carboxylic acids is 1. The molecule has 0 bridgehead atoms. The standard InChI is InChI=1S/C25H23FN4O3/c1-16-14-21(28-24-19-4-2-3-5-20(19)33-25(32)23(16)24)27-22(31)15-29-10-12-30(13-11-29)18-8-6-17(26)7-9-18/h2-9,14H,10-13,15H2,1H3,(H,27,28,31). The first-order valence-corrected chi connectivity index (χ1v) is 10.8. The fraction of sp³-hybridized carbons (Fsp3) is 0.240. The zero-order valence-corrected chi connectivity index (χ0v) is 18.2. The van der Waals surface area contributed by atoms with E-state index in [1.807, 2.05) is 12.1 Å². The summed E-state index contributed by atoms with van der Waals surface area (Å²) in [7, 11) is 0. The lowest BCUT2D eigenvalue weighted by Crippen LogP contribution is -2.48. The molecule has 0 radical (unpaired) electrons. The molecular formula is C25H23FN4O3. The molecule has 1 amide bonds. The predicted octanol–water partition coefficient (Wildman–Crippen LogP) is 3.55. The molecule has 33 heavy (non-hydrogen) atoms. The second kappa shape index (κ2) is 8.63. The van der Waals surface area contributed by atoms with Gasteiger partial charge in [-0.25, -0.2) is 14.2 Å². The molecule has 0 atom stereocenters. The van der Waals surface area contributed by atoms with Crippen LogP contribution < -0.4 is 15.8 Å². The van der Waals surface area contributed by atoms with Crippen molar-refractivity contribution in [3.05, 3.63) is 76.4 Å². The lowest BCUT2D eigenvalue weighted by Gasteiger charge is -2.35. The van der Waals surface area contributed by atoms with Gasteiger partial charge >= 0.3 is 5.63 Å². The molecule has 0 aliphatic carbocycles. The van der Waals surface area contributed by atoms with Crippen molar-refractivity contribution >= 4 is 39.3 Å². The van der Waals surface area contributed by atoms with Crippen LogP contribution in [0.15, 0.2) is 63.8 Å². The highest BCUT2D eigenvalue weighted by molar-refractivity contribution is 6.04. The first-order chi connectivity index (χ1) is 16.0. The number of rotatable bonds is 4. The fourth-order valence-corrected chi connectivity index (χ4v) is 4.29. The molecule has 7 nitrogen and oxygen atoms in total. The average Bonchev–Trinajstić information content (AvgIpc) is 2.80. The summed E-state index contributed by atoms with van der Waals surface area (Å²) in [6.45, 7) is 5.01. The van der Waals surface area contributed by atoms with E-state index in [1.165, 1.54) is 12.1 Å². The minimum atomic E-state index is -0.439. The van der Waals surface area contributed by atoms with Crippen molar-refractivity contribution in [2.45, 2.75) is 6.92 Å². The smallest absolute Gasteiger partial charge is 0.346 e. The zero-order valence-electron chi connectivity index (χ0n) is 18.2. The summed E-state index contributed by atoms with van der Waals surface area (Å²) in [6.07, 6.45) is 0. The van der Waals surface area contributed by atoms with Gasteiger partial charge in [-0.1, -0.05) is 12.1 Å². The number of halogens is 1. The van der Waals surface area contributed by atoms with Crippen LogP contribution in [-0.2, 0) is 4.79 Å². The Labute approximate surface area is 189 Å². The Hall–Kier alpha value is -3.78. The van der Waals surface area contributed by atoms with Gasteiger partial charge in [-0.05, 0) is 55.0 Å². The number of benzene rings is 2. The van der Waals surface area contributed by atoms with Crippen LogP contribution in [0.2, 0.25) is 0 Å². The van der Waals surface area contributed by atoms with Crippen molar-refractivity contribution in [2.75, 3.05) is 42.9 Å². The Morgan fingerprint density at radius 1 is 1.09 bits per heavy atom. The number of piperazine rings is 1. The molecule has 1 aliphatic rings. The van der Waals surface area contributed by atoms with Gasteiger partial charge in [-0.15, -0.1) is 0 Å². The van der Waals surface area contributed by atoms with Gasteiger partial charge in [0.05, 0.1) is 17.4 Å². The van der Waals surface area contributed by atoms with E-state index in [1.54, 1.807) is 37.3 Å². The number of amides is 1. The number of fused-ring (bicyclic) bond motifs is 3. The summed E-state index contributed by atoms with van der Waals surface area (Å²) in [4.78, 5) is 34.0. The Balaban J connectivity index is 1.28. The van der Waals surface area contributed by atoms with Crippen molar-refractivity contribution in [3.8, 4) is 0 Å². The summed E-state index contributed by atoms with van der Waals surface area (Å²) in [5.41, 5.74) is 2.22. The highest BCUT2D eigenvalue weighted by Crippen LogP contribution is 2.25. The van der Waals surface area contributed by atoms with Gasteiger partial charge in [0.15, 0.2) is 0 Å². The fourth-order valence-electron chi connectivity index (χ4n) is 4.29. The van der Waals surface area contributed by atoms with E-state index in [-0.39, 0.29) is 18.3 Å². The molecule has 2 aromatic heterocycles. The zero-order chi connectivity index (χ0) is 22.9. The number of nitrogens with one attached hydrogen (secondary N) is 1. The molecule has 3 heterocycles. The van der Waals surface area contributed by atoms with Crippen molar-refractivity contribution in [1.82, 2.24) is 9.88 Å². The second-order valence-corrected chi connectivity index (χ2v) is 8.22. The van der Waals surface area contributed by atoms with Crippen molar-refractivity contribution in [3.63, 3.8) is 0 Å². The van der Waals surface area contributed by atoms with Gasteiger partial charge in [-0.3, -0.25) is 9.69 Å². The van der Waals surface area contributed by atoms with E-state index in [0.717, 1.165) is 37.3 Å². The van der Waals surface area contributed by atoms with Crippen molar-refractivity contribution < 1.29 is 13.6 Å². The SMILES string of the molecule is Cc1cc(NC(=O)CN2CCN(c3ccc(F)cc3)CC2)nc2c1c(=O)oc1ccccc12. The third-order valence-corrected chi connectivity index (χ3v) is 5.96. The second-order valence-electron chi connectivity index (χ2n) is 8.22. The molecule has 1 fully saturated rings. The number of para-hydroxylation sites is 1. The predicted molar refractivity (Wildman–Crippen MR) is 126 cm³/mol. The van der Waals surface area contributed by atoms with Gasteiger partial charge in [0.25, 0.3) is 0 Å². The molecule has 0 saturated carbocycles. The van der Waals surface area contributed by atoms with Crippen LogP contribution in [-0.4, -0.2) is 48.5 Å². The summed E-state index contributed by atoms with van der Waals surface area (Å²) >= 11 is 0. The molecule has 168 valence electrons. The molecule has 1 N–H and O–H groups in total. The molecular weight excluding hydrogens is 423 g/mol. The number of pyridine rings is 1. The molecule has 0 spiro atoms. The van der Waals surface area contributed by atoms with Crippen LogP contribution >= 0.6 is 0 Å². The number of hydrogen-bond donors (Lipinski definition) is 1. The molecule has 1 aliphatic heterocycles. The number of hydrogen-bond acceptors (Lipinski definition) is 6. The van der Waals surface area contributed by atoms with Crippen LogP contribution in [0.4, 0.5) is 15.9 Å². The number of aromatic nitrogens is 1. The number of aryl methyl sites for hydroxylation is 1. The van der Waals surface area contributed by atoms with Gasteiger partial charge in [0.1, 0.15) is 17.2 Å². The van der Waals surface area contributed by atoms with E-state index >= 15 is 0 Å². The lowest BCUT2D eigenvalue weighted by atomic mass is 10.1. The number of carbonyl (C=O) groups is 1. The first kappa shape index (κ1) is 21.1. The Morgan fingerprint density at radius 2 is 1.82 bits per heavy atom. The number of anilines is 2. The summed E-state index contributed by atoms with van der Waals surface area (Å²) in [5, 5.41) is 4.02. The van der Waals surface area contributed by atoms with Gasteiger partial charge < -0.3 is 14.6 Å². The normalized spacial score (nSPS) is 14.7. The molecule has 1 saturated heterocycles. The van der Waals surface area contributed by atoms with Crippen molar-refractivity contribution in [1.29, 1.82) is 0 Å². The van der Waals surface area contributed by atoms with Crippen LogP contribution in [0.1, 0.15) is 5.56 Å². The highest BCUT2D eigenvalue weighted by Gasteiger charge is 2.20. The van der Waals surface area contributed by atoms with Gasteiger partial charge in [-0.2, -0.15) is 0 Å². The van der Waals surface area contributed by atoms with Crippen LogP contribution in [0, 0.1) is 12.7 Å².